The average molecular weight is 308 g/mol. The largest absolute Gasteiger partial charge is 0.383 e. The number of halogens is 1. The van der Waals surface area contributed by atoms with Gasteiger partial charge in [0.2, 0.25) is 11.8 Å². The maximum atomic E-state index is 12.6. The highest BCUT2D eigenvalue weighted by molar-refractivity contribution is 5.88. The van der Waals surface area contributed by atoms with E-state index in [1.807, 2.05) is 6.92 Å². The van der Waals surface area contributed by atoms with E-state index in [-0.39, 0.29) is 30.8 Å². The Labute approximate surface area is 127 Å². The van der Waals surface area contributed by atoms with Crippen LogP contribution in [0.4, 0.5) is 0 Å². The Morgan fingerprint density at radius 3 is 2.45 bits per heavy atom. The fourth-order valence-electron chi connectivity index (χ4n) is 2.14. The molecule has 1 aliphatic heterocycles. The van der Waals surface area contributed by atoms with Gasteiger partial charge in [-0.15, -0.1) is 12.4 Å². The first kappa shape index (κ1) is 19.1. The smallest absolute Gasteiger partial charge is 0.241 e. The first-order valence-electron chi connectivity index (χ1n) is 6.60. The summed E-state index contributed by atoms with van der Waals surface area (Å²) >= 11 is 0. The van der Waals surface area contributed by atoms with E-state index in [1.165, 1.54) is 4.90 Å². The lowest BCUT2D eigenvalue weighted by Crippen LogP contribution is -2.48. The Kier molecular flexibility index (Phi) is 8.08. The summed E-state index contributed by atoms with van der Waals surface area (Å²) in [5.74, 6) is -0.0382. The molecule has 1 aliphatic rings. The minimum Gasteiger partial charge on any atom is -0.383 e. The summed E-state index contributed by atoms with van der Waals surface area (Å²) in [6.07, 6.45) is 0.811. The fraction of sp³-hybridized carbons (Fsp3) is 0.846. The van der Waals surface area contributed by atoms with Crippen LogP contribution in [0.3, 0.4) is 0 Å². The number of hydrogen-bond acceptors (Lipinski definition) is 4. The predicted molar refractivity (Wildman–Crippen MR) is 80.0 cm³/mol. The second-order valence-electron chi connectivity index (χ2n) is 5.50. The van der Waals surface area contributed by atoms with E-state index in [0.717, 1.165) is 13.0 Å². The molecule has 20 heavy (non-hydrogen) atoms. The first-order chi connectivity index (χ1) is 8.90. The molecule has 1 unspecified atom stereocenters. The number of amides is 2. The summed E-state index contributed by atoms with van der Waals surface area (Å²) in [4.78, 5) is 27.5. The number of nitrogens with one attached hydrogen (secondary N) is 1. The van der Waals surface area contributed by atoms with Gasteiger partial charge in [-0.3, -0.25) is 9.59 Å². The summed E-state index contributed by atoms with van der Waals surface area (Å²) in [7, 11) is 4.98. The van der Waals surface area contributed by atoms with E-state index in [0.29, 0.717) is 19.7 Å². The zero-order chi connectivity index (χ0) is 14.5. The third kappa shape index (κ3) is 4.92. The molecular formula is C13H26ClN3O3. The summed E-state index contributed by atoms with van der Waals surface area (Å²) in [5.41, 5.74) is -0.402. The molecule has 1 saturated heterocycles. The maximum absolute atomic E-state index is 12.6. The van der Waals surface area contributed by atoms with Crippen molar-refractivity contribution in [3.8, 4) is 0 Å². The minimum atomic E-state index is -0.402. The summed E-state index contributed by atoms with van der Waals surface area (Å²) in [5, 5.41) is 3.21. The highest BCUT2D eigenvalue weighted by atomic mass is 35.5. The van der Waals surface area contributed by atoms with Crippen LogP contribution in [0.25, 0.3) is 0 Å². The quantitative estimate of drug-likeness (QED) is 0.749. The first-order valence-corrected chi connectivity index (χ1v) is 6.60. The fourth-order valence-corrected chi connectivity index (χ4v) is 2.14. The number of carbonyl (C=O) groups is 2. The molecule has 118 valence electrons. The van der Waals surface area contributed by atoms with Crippen molar-refractivity contribution < 1.29 is 14.3 Å². The van der Waals surface area contributed by atoms with Gasteiger partial charge in [0.25, 0.3) is 0 Å². The lowest BCUT2D eigenvalue weighted by Gasteiger charge is -2.31. The van der Waals surface area contributed by atoms with Crippen LogP contribution in [0.2, 0.25) is 0 Å². The van der Waals surface area contributed by atoms with Crippen molar-refractivity contribution in [2.75, 3.05) is 54.0 Å². The molecule has 6 nitrogen and oxygen atoms in total. The van der Waals surface area contributed by atoms with Crippen molar-refractivity contribution in [3.05, 3.63) is 0 Å². The molecule has 0 saturated carbocycles. The third-order valence-electron chi connectivity index (χ3n) is 3.56. The zero-order valence-corrected chi connectivity index (χ0v) is 13.6. The van der Waals surface area contributed by atoms with Crippen molar-refractivity contribution in [2.45, 2.75) is 13.3 Å². The van der Waals surface area contributed by atoms with E-state index >= 15 is 0 Å². The summed E-state index contributed by atoms with van der Waals surface area (Å²) < 4.78 is 5.03. The van der Waals surface area contributed by atoms with Crippen molar-refractivity contribution in [1.82, 2.24) is 15.1 Å². The molecule has 0 aromatic heterocycles. The molecule has 0 aliphatic carbocycles. The molecule has 0 radical (unpaired) electrons. The topological polar surface area (TPSA) is 61.9 Å². The van der Waals surface area contributed by atoms with Crippen LogP contribution >= 0.6 is 12.4 Å². The van der Waals surface area contributed by atoms with E-state index in [2.05, 4.69) is 5.32 Å². The molecular weight excluding hydrogens is 282 g/mol. The van der Waals surface area contributed by atoms with Crippen LogP contribution in [0.5, 0.6) is 0 Å². The van der Waals surface area contributed by atoms with Gasteiger partial charge in [-0.05, 0) is 19.9 Å². The molecule has 0 bridgehead atoms. The highest BCUT2D eigenvalue weighted by Gasteiger charge is 2.39. The van der Waals surface area contributed by atoms with Crippen LogP contribution in [-0.4, -0.2) is 75.6 Å². The van der Waals surface area contributed by atoms with Crippen LogP contribution in [0.15, 0.2) is 0 Å². The lowest BCUT2D eigenvalue weighted by molar-refractivity contribution is -0.145. The van der Waals surface area contributed by atoms with E-state index in [9.17, 15) is 9.59 Å². The van der Waals surface area contributed by atoms with Crippen LogP contribution < -0.4 is 5.32 Å². The molecule has 2 amide bonds. The van der Waals surface area contributed by atoms with E-state index < -0.39 is 5.41 Å². The normalized spacial score (nSPS) is 21.2. The van der Waals surface area contributed by atoms with Crippen molar-refractivity contribution in [3.63, 3.8) is 0 Å². The molecule has 0 aromatic carbocycles. The Bertz CT molecular complexity index is 331. The Morgan fingerprint density at radius 1 is 1.35 bits per heavy atom. The SMILES string of the molecule is COCCN(CC(=O)N(C)C)C(=O)C1(C)CCNC1.Cl. The van der Waals surface area contributed by atoms with Crippen molar-refractivity contribution in [2.24, 2.45) is 5.41 Å². The number of methoxy groups -OCH3 is 1. The third-order valence-corrected chi connectivity index (χ3v) is 3.56. The summed E-state index contributed by atoms with van der Waals surface area (Å²) in [6, 6.07) is 0. The summed E-state index contributed by atoms with van der Waals surface area (Å²) in [6.45, 7) is 4.48. The number of carbonyl (C=O) groups excluding carboxylic acids is 2. The van der Waals surface area contributed by atoms with Gasteiger partial charge in [0.1, 0.15) is 0 Å². The average Bonchev–Trinajstić information content (AvgIpc) is 2.81. The Balaban J connectivity index is 0.00000361. The predicted octanol–water partition coefficient (Wildman–Crippen LogP) is -0.0290. The molecule has 7 heteroatoms. The molecule has 1 heterocycles. The molecule has 1 fully saturated rings. The van der Waals surface area contributed by atoms with Crippen molar-refractivity contribution >= 4 is 24.2 Å². The van der Waals surface area contributed by atoms with Gasteiger partial charge >= 0.3 is 0 Å². The molecule has 1 N–H and O–H groups in total. The standard InChI is InChI=1S/C13H25N3O3.ClH/c1-13(5-6-14-10-13)12(18)16(7-8-19-4)9-11(17)15(2)3;/h14H,5-10H2,1-4H3;1H. The minimum absolute atomic E-state index is 0. The van der Waals surface area contributed by atoms with Crippen molar-refractivity contribution in [1.29, 1.82) is 0 Å². The van der Waals surface area contributed by atoms with Crippen LogP contribution in [-0.2, 0) is 14.3 Å². The highest BCUT2D eigenvalue weighted by Crippen LogP contribution is 2.27. The molecule has 0 spiro atoms. The monoisotopic (exact) mass is 307 g/mol. The second kappa shape index (κ2) is 8.44. The van der Waals surface area contributed by atoms with Gasteiger partial charge < -0.3 is 19.9 Å². The second-order valence-corrected chi connectivity index (χ2v) is 5.50. The van der Waals surface area contributed by atoms with E-state index in [4.69, 9.17) is 4.74 Å². The Morgan fingerprint density at radius 2 is 2.00 bits per heavy atom. The number of ether oxygens (including phenoxy) is 1. The van der Waals surface area contributed by atoms with Gasteiger partial charge in [-0.25, -0.2) is 0 Å². The van der Waals surface area contributed by atoms with E-state index in [1.54, 1.807) is 26.1 Å². The molecule has 0 aromatic rings. The molecule has 1 rings (SSSR count). The number of rotatable bonds is 6. The lowest BCUT2D eigenvalue weighted by atomic mass is 9.88. The van der Waals surface area contributed by atoms with Crippen LogP contribution in [0, 0.1) is 5.41 Å². The van der Waals surface area contributed by atoms with Gasteiger partial charge in [-0.2, -0.15) is 0 Å². The number of likely N-dealkylation sites (N-methyl/N-ethyl adjacent to an activating group) is 1. The zero-order valence-electron chi connectivity index (χ0n) is 12.8. The Hall–Kier alpha value is -0.850. The van der Waals surface area contributed by atoms with Gasteiger partial charge in [0.15, 0.2) is 0 Å². The molecule has 1 atom stereocenters. The van der Waals surface area contributed by atoms with Gasteiger partial charge in [0, 0.05) is 34.3 Å². The van der Waals surface area contributed by atoms with Gasteiger partial charge in [0.05, 0.1) is 18.6 Å². The number of hydrogen-bond donors (Lipinski definition) is 1. The maximum Gasteiger partial charge on any atom is 0.241 e. The van der Waals surface area contributed by atoms with Gasteiger partial charge in [-0.1, -0.05) is 0 Å². The number of nitrogens with zero attached hydrogens (tertiary/aromatic N) is 2. The van der Waals surface area contributed by atoms with Crippen LogP contribution in [0.1, 0.15) is 13.3 Å².